The summed E-state index contributed by atoms with van der Waals surface area (Å²) in [6.45, 7) is 8.14. The number of benzene rings is 1. The Morgan fingerprint density at radius 1 is 1.18 bits per heavy atom. The Morgan fingerprint density at radius 2 is 1.77 bits per heavy atom. The molecule has 1 aliphatic rings. The third kappa shape index (κ3) is 4.06. The number of hydrogen-bond acceptors (Lipinski definition) is 4. The van der Waals surface area contributed by atoms with Crippen LogP contribution >= 0.6 is 23.2 Å². The number of ether oxygens (including phenoxy) is 1. The fraction of sp³-hybridized carbons (Fsp3) is 0.625. The van der Waals surface area contributed by atoms with Gasteiger partial charge in [-0.3, -0.25) is 4.90 Å². The first-order valence-corrected chi connectivity index (χ1v) is 8.55. The van der Waals surface area contributed by atoms with Crippen LogP contribution in [0.1, 0.15) is 24.9 Å². The molecule has 22 heavy (non-hydrogen) atoms. The molecule has 1 aromatic rings. The molecule has 1 aromatic carbocycles. The van der Waals surface area contributed by atoms with E-state index < -0.39 is 0 Å². The minimum Gasteiger partial charge on any atom is -0.494 e. The van der Waals surface area contributed by atoms with E-state index in [0.29, 0.717) is 22.3 Å². The third-order valence-corrected chi connectivity index (χ3v) is 4.78. The Hall–Kier alpha value is -0.520. The van der Waals surface area contributed by atoms with Crippen molar-refractivity contribution >= 4 is 23.2 Å². The van der Waals surface area contributed by atoms with Crippen LogP contribution < -0.4 is 10.5 Å². The maximum atomic E-state index is 6.26. The summed E-state index contributed by atoms with van der Waals surface area (Å²) >= 11 is 12.5. The number of piperazine rings is 1. The van der Waals surface area contributed by atoms with Gasteiger partial charge in [-0.15, -0.1) is 0 Å². The van der Waals surface area contributed by atoms with Gasteiger partial charge in [0.25, 0.3) is 0 Å². The third-order valence-electron chi connectivity index (χ3n) is 4.22. The van der Waals surface area contributed by atoms with Gasteiger partial charge in [-0.25, -0.2) is 0 Å². The van der Waals surface area contributed by atoms with Crippen LogP contribution in [0.15, 0.2) is 12.1 Å². The van der Waals surface area contributed by atoms with E-state index in [2.05, 4.69) is 16.7 Å². The Balaban J connectivity index is 2.12. The molecule has 0 radical (unpaired) electrons. The van der Waals surface area contributed by atoms with Gasteiger partial charge in [0.2, 0.25) is 0 Å². The number of nitrogens with two attached hydrogens (primary N) is 1. The van der Waals surface area contributed by atoms with Crippen LogP contribution in [0.5, 0.6) is 5.75 Å². The van der Waals surface area contributed by atoms with Crippen LogP contribution in [0.2, 0.25) is 10.0 Å². The second kappa shape index (κ2) is 8.37. The summed E-state index contributed by atoms with van der Waals surface area (Å²) in [5.41, 5.74) is 7.08. The molecule has 4 nitrogen and oxygen atoms in total. The lowest BCUT2D eigenvalue weighted by molar-refractivity contribution is 0.0985. The van der Waals surface area contributed by atoms with Crippen LogP contribution in [0.3, 0.4) is 0 Å². The van der Waals surface area contributed by atoms with Crippen molar-refractivity contribution in [2.45, 2.75) is 19.4 Å². The molecule has 1 aliphatic heterocycles. The van der Waals surface area contributed by atoms with E-state index in [-0.39, 0.29) is 6.04 Å². The van der Waals surface area contributed by atoms with Crippen LogP contribution in [0, 0.1) is 0 Å². The van der Waals surface area contributed by atoms with Crippen molar-refractivity contribution in [2.24, 2.45) is 5.73 Å². The van der Waals surface area contributed by atoms with E-state index in [0.717, 1.165) is 31.7 Å². The zero-order chi connectivity index (χ0) is 16.1. The van der Waals surface area contributed by atoms with E-state index in [1.54, 1.807) is 7.11 Å². The fourth-order valence-electron chi connectivity index (χ4n) is 3.08. The van der Waals surface area contributed by atoms with Crippen LogP contribution in [-0.4, -0.2) is 56.2 Å². The van der Waals surface area contributed by atoms with Gasteiger partial charge in [-0.1, -0.05) is 30.1 Å². The Kier molecular flexibility index (Phi) is 6.78. The molecular formula is C16H25Cl2N3O. The summed E-state index contributed by atoms with van der Waals surface area (Å²) in [4.78, 5) is 4.92. The first-order chi connectivity index (χ1) is 10.6. The monoisotopic (exact) mass is 345 g/mol. The van der Waals surface area contributed by atoms with Crippen molar-refractivity contribution in [2.75, 3.05) is 46.4 Å². The van der Waals surface area contributed by atoms with Crippen molar-refractivity contribution in [3.05, 3.63) is 27.7 Å². The largest absolute Gasteiger partial charge is 0.494 e. The maximum absolute atomic E-state index is 6.26. The predicted octanol–water partition coefficient (Wildman–Crippen LogP) is 3.03. The van der Waals surface area contributed by atoms with Gasteiger partial charge in [0.15, 0.2) is 5.75 Å². The normalized spacial score (nSPS) is 18.4. The molecule has 124 valence electrons. The average molecular weight is 346 g/mol. The molecule has 1 fully saturated rings. The topological polar surface area (TPSA) is 41.7 Å². The lowest BCUT2D eigenvalue weighted by Crippen LogP contribution is -2.49. The molecule has 1 atom stereocenters. The van der Waals surface area contributed by atoms with Crippen molar-refractivity contribution in [3.8, 4) is 5.75 Å². The SMILES string of the molecule is CCCN1CCN(C(CN)c2cc(Cl)c(OC)c(Cl)c2)CC1. The van der Waals surface area contributed by atoms with Crippen molar-refractivity contribution in [1.29, 1.82) is 0 Å². The highest BCUT2D eigenvalue weighted by Crippen LogP contribution is 2.36. The van der Waals surface area contributed by atoms with Crippen LogP contribution in [-0.2, 0) is 0 Å². The Bertz CT molecular complexity index is 467. The molecule has 0 bridgehead atoms. The summed E-state index contributed by atoms with van der Waals surface area (Å²) in [5.74, 6) is 0.524. The molecule has 0 saturated carbocycles. The summed E-state index contributed by atoms with van der Waals surface area (Å²) in [7, 11) is 1.57. The molecule has 2 rings (SSSR count). The van der Waals surface area contributed by atoms with E-state index >= 15 is 0 Å². The first-order valence-electron chi connectivity index (χ1n) is 7.80. The minimum absolute atomic E-state index is 0.143. The smallest absolute Gasteiger partial charge is 0.156 e. The molecule has 1 heterocycles. The van der Waals surface area contributed by atoms with Gasteiger partial charge >= 0.3 is 0 Å². The Labute approximate surface area is 143 Å². The fourth-order valence-corrected chi connectivity index (χ4v) is 3.74. The molecule has 6 heteroatoms. The average Bonchev–Trinajstić information content (AvgIpc) is 2.50. The van der Waals surface area contributed by atoms with Gasteiger partial charge in [-0.2, -0.15) is 0 Å². The maximum Gasteiger partial charge on any atom is 0.156 e. The molecule has 2 N–H and O–H groups in total. The van der Waals surface area contributed by atoms with E-state index in [4.69, 9.17) is 33.7 Å². The van der Waals surface area contributed by atoms with Gasteiger partial charge in [0.05, 0.1) is 17.2 Å². The molecule has 1 saturated heterocycles. The highest BCUT2D eigenvalue weighted by atomic mass is 35.5. The molecule has 0 aliphatic carbocycles. The van der Waals surface area contributed by atoms with Crippen LogP contribution in [0.4, 0.5) is 0 Å². The van der Waals surface area contributed by atoms with E-state index in [9.17, 15) is 0 Å². The molecule has 1 unspecified atom stereocenters. The highest BCUT2D eigenvalue weighted by Gasteiger charge is 2.25. The lowest BCUT2D eigenvalue weighted by atomic mass is 10.0. The summed E-state index contributed by atoms with van der Waals surface area (Å²) in [6, 6.07) is 3.98. The number of halogens is 2. The number of nitrogens with zero attached hydrogens (tertiary/aromatic N) is 2. The summed E-state index contributed by atoms with van der Waals surface area (Å²) in [6.07, 6.45) is 1.20. The lowest BCUT2D eigenvalue weighted by Gasteiger charge is -2.39. The Morgan fingerprint density at radius 3 is 2.23 bits per heavy atom. The van der Waals surface area contributed by atoms with E-state index in [1.165, 1.54) is 13.0 Å². The van der Waals surface area contributed by atoms with Gasteiger partial charge in [0, 0.05) is 38.8 Å². The number of methoxy groups -OCH3 is 1. The zero-order valence-electron chi connectivity index (χ0n) is 13.3. The quantitative estimate of drug-likeness (QED) is 0.860. The van der Waals surface area contributed by atoms with Crippen molar-refractivity contribution < 1.29 is 4.74 Å². The molecule has 0 aromatic heterocycles. The van der Waals surface area contributed by atoms with Gasteiger partial charge < -0.3 is 15.4 Å². The van der Waals surface area contributed by atoms with E-state index in [1.807, 2.05) is 12.1 Å². The van der Waals surface area contributed by atoms with Gasteiger partial charge in [0.1, 0.15) is 0 Å². The zero-order valence-corrected chi connectivity index (χ0v) is 14.8. The molecule has 0 amide bonds. The number of hydrogen-bond donors (Lipinski definition) is 1. The van der Waals surface area contributed by atoms with Gasteiger partial charge in [-0.05, 0) is 30.7 Å². The minimum atomic E-state index is 0.143. The van der Waals surface area contributed by atoms with Crippen molar-refractivity contribution in [3.63, 3.8) is 0 Å². The molecule has 0 spiro atoms. The number of rotatable bonds is 6. The second-order valence-electron chi connectivity index (χ2n) is 5.65. The summed E-state index contributed by atoms with van der Waals surface area (Å²) in [5, 5.41) is 1.07. The molecular weight excluding hydrogens is 321 g/mol. The second-order valence-corrected chi connectivity index (χ2v) is 6.46. The standard InChI is InChI=1S/C16H25Cl2N3O/c1-3-4-20-5-7-21(8-6-20)15(11-19)12-9-13(17)16(22-2)14(18)10-12/h9-10,15H,3-8,11,19H2,1-2H3. The van der Waals surface area contributed by atoms with Crippen LogP contribution in [0.25, 0.3) is 0 Å². The first kappa shape index (κ1) is 17.8. The van der Waals surface area contributed by atoms with Crippen molar-refractivity contribution in [1.82, 2.24) is 9.80 Å². The predicted molar refractivity (Wildman–Crippen MR) is 93.1 cm³/mol. The summed E-state index contributed by atoms with van der Waals surface area (Å²) < 4.78 is 5.22. The highest BCUT2D eigenvalue weighted by molar-refractivity contribution is 6.37.